The van der Waals surface area contributed by atoms with Crippen molar-refractivity contribution in [3.8, 4) is 11.5 Å². The fourth-order valence-electron chi connectivity index (χ4n) is 3.31. The normalized spacial score (nSPS) is 25.5. The molecule has 3 heterocycles. The summed E-state index contributed by atoms with van der Waals surface area (Å²) in [5.74, 6) is -0.0682. The molecule has 8 heteroatoms. The number of piperidine rings is 1. The number of ether oxygens (including phenoxy) is 2. The van der Waals surface area contributed by atoms with Gasteiger partial charge in [0.15, 0.2) is 17.6 Å². The zero-order valence-corrected chi connectivity index (χ0v) is 12.8. The van der Waals surface area contributed by atoms with Crippen LogP contribution in [0.1, 0.15) is 28.8 Å². The minimum atomic E-state index is -0.670. The van der Waals surface area contributed by atoms with E-state index in [4.69, 9.17) is 9.47 Å². The zero-order chi connectivity index (χ0) is 16.8. The van der Waals surface area contributed by atoms with Gasteiger partial charge in [0, 0.05) is 17.5 Å². The number of aliphatic hydroxyl groups is 1. The van der Waals surface area contributed by atoms with Gasteiger partial charge >= 0.3 is 0 Å². The van der Waals surface area contributed by atoms with E-state index in [2.05, 4.69) is 5.32 Å². The van der Waals surface area contributed by atoms with E-state index in [0.717, 1.165) is 0 Å². The van der Waals surface area contributed by atoms with Crippen molar-refractivity contribution in [1.82, 2.24) is 10.2 Å². The monoisotopic (exact) mass is 332 g/mol. The van der Waals surface area contributed by atoms with Gasteiger partial charge in [0.25, 0.3) is 5.91 Å². The second-order valence-corrected chi connectivity index (χ2v) is 6.05. The van der Waals surface area contributed by atoms with Gasteiger partial charge in [-0.1, -0.05) is 0 Å². The predicted octanol–water partition coefficient (Wildman–Crippen LogP) is -0.420. The quantitative estimate of drug-likeness (QED) is 0.713. The third-order valence-electron chi connectivity index (χ3n) is 4.54. The Hall–Kier alpha value is -2.61. The second kappa shape index (κ2) is 5.48. The van der Waals surface area contributed by atoms with E-state index in [9.17, 15) is 19.5 Å². The van der Waals surface area contributed by atoms with E-state index in [1.807, 2.05) is 0 Å². The van der Waals surface area contributed by atoms with Gasteiger partial charge < -0.3 is 19.5 Å². The summed E-state index contributed by atoms with van der Waals surface area (Å²) in [6.07, 6.45) is 0.0353. The Balaban J connectivity index is 1.65. The standard InChI is InChI=1S/C16H16N2O6/c19-6-8-7-23-12-3-1-9-10(14(12)24-8)5-18(16(9)22)11-2-4-13(20)17-15(11)21/h1,3,8,11,19H,2,4-7H2,(H,17,20,21)/t8-,11?/m1/s1. The number of fused-ring (bicyclic) bond motifs is 3. The molecule has 0 aliphatic carbocycles. The van der Waals surface area contributed by atoms with Crippen LogP contribution in [0.25, 0.3) is 0 Å². The highest BCUT2D eigenvalue weighted by Crippen LogP contribution is 2.42. The maximum atomic E-state index is 12.7. The van der Waals surface area contributed by atoms with Crippen molar-refractivity contribution in [3.05, 3.63) is 23.3 Å². The SMILES string of the molecule is O=C1CCC(N2Cc3c(ccc4c3O[C@H](CO)CO4)C2=O)C(=O)N1. The average molecular weight is 332 g/mol. The van der Waals surface area contributed by atoms with Crippen LogP contribution in [-0.2, 0) is 16.1 Å². The lowest BCUT2D eigenvalue weighted by atomic mass is 10.0. The summed E-state index contributed by atoms with van der Waals surface area (Å²) < 4.78 is 11.3. The summed E-state index contributed by atoms with van der Waals surface area (Å²) in [6, 6.07) is 2.65. The zero-order valence-electron chi connectivity index (χ0n) is 12.8. The Bertz CT molecular complexity index is 746. The maximum absolute atomic E-state index is 12.7. The van der Waals surface area contributed by atoms with Crippen molar-refractivity contribution in [2.24, 2.45) is 0 Å². The number of imide groups is 1. The number of nitrogens with one attached hydrogen (secondary N) is 1. The van der Waals surface area contributed by atoms with Crippen LogP contribution in [0.5, 0.6) is 11.5 Å². The van der Waals surface area contributed by atoms with Gasteiger partial charge in [-0.25, -0.2) is 0 Å². The molecule has 0 saturated carbocycles. The molecule has 0 radical (unpaired) electrons. The van der Waals surface area contributed by atoms with Crippen LogP contribution in [0.2, 0.25) is 0 Å². The highest BCUT2D eigenvalue weighted by molar-refractivity contribution is 6.05. The highest BCUT2D eigenvalue weighted by atomic mass is 16.6. The van der Waals surface area contributed by atoms with Crippen LogP contribution in [0, 0.1) is 0 Å². The van der Waals surface area contributed by atoms with Crippen LogP contribution in [0.3, 0.4) is 0 Å². The Labute approximate surface area is 137 Å². The first kappa shape index (κ1) is 14.9. The minimum Gasteiger partial charge on any atom is -0.486 e. The number of hydrogen-bond donors (Lipinski definition) is 2. The Morgan fingerprint density at radius 1 is 1.29 bits per heavy atom. The first-order chi connectivity index (χ1) is 11.6. The van der Waals surface area contributed by atoms with Crippen LogP contribution >= 0.6 is 0 Å². The number of amides is 3. The highest BCUT2D eigenvalue weighted by Gasteiger charge is 2.41. The van der Waals surface area contributed by atoms with Crippen molar-refractivity contribution in [1.29, 1.82) is 0 Å². The van der Waals surface area contributed by atoms with Crippen molar-refractivity contribution in [2.75, 3.05) is 13.2 Å². The maximum Gasteiger partial charge on any atom is 0.255 e. The molecular formula is C16H16N2O6. The molecule has 24 heavy (non-hydrogen) atoms. The third-order valence-corrected chi connectivity index (χ3v) is 4.54. The number of aliphatic hydroxyl groups excluding tert-OH is 1. The molecule has 0 aromatic heterocycles. The van der Waals surface area contributed by atoms with E-state index in [1.54, 1.807) is 12.1 Å². The second-order valence-electron chi connectivity index (χ2n) is 6.05. The predicted molar refractivity (Wildman–Crippen MR) is 79.5 cm³/mol. The van der Waals surface area contributed by atoms with Crippen molar-refractivity contribution >= 4 is 17.7 Å². The Morgan fingerprint density at radius 3 is 2.88 bits per heavy atom. The summed E-state index contributed by atoms with van der Waals surface area (Å²) in [7, 11) is 0. The first-order valence-corrected chi connectivity index (χ1v) is 7.79. The summed E-state index contributed by atoms with van der Waals surface area (Å²) in [4.78, 5) is 37.5. The van der Waals surface area contributed by atoms with Gasteiger partial charge in [0.1, 0.15) is 12.6 Å². The summed E-state index contributed by atoms with van der Waals surface area (Å²) in [5, 5.41) is 11.5. The topological polar surface area (TPSA) is 105 Å². The lowest BCUT2D eigenvalue weighted by Crippen LogP contribution is -2.52. The molecule has 1 aromatic carbocycles. The number of hydrogen-bond acceptors (Lipinski definition) is 6. The molecule has 8 nitrogen and oxygen atoms in total. The first-order valence-electron chi connectivity index (χ1n) is 7.79. The minimum absolute atomic E-state index is 0.187. The molecule has 1 saturated heterocycles. The number of carbonyl (C=O) groups excluding carboxylic acids is 3. The average Bonchev–Trinajstić information content (AvgIpc) is 2.91. The molecule has 126 valence electrons. The van der Waals surface area contributed by atoms with E-state index in [0.29, 0.717) is 29.0 Å². The smallest absolute Gasteiger partial charge is 0.255 e. The molecule has 4 rings (SSSR count). The van der Waals surface area contributed by atoms with Gasteiger partial charge in [-0.15, -0.1) is 0 Å². The fraction of sp³-hybridized carbons (Fsp3) is 0.438. The molecule has 2 atom stereocenters. The number of rotatable bonds is 2. The van der Waals surface area contributed by atoms with Crippen LogP contribution < -0.4 is 14.8 Å². The fourth-order valence-corrected chi connectivity index (χ4v) is 3.31. The van der Waals surface area contributed by atoms with Gasteiger partial charge in [0.2, 0.25) is 11.8 Å². The number of carbonyl (C=O) groups is 3. The van der Waals surface area contributed by atoms with Crippen molar-refractivity contribution in [3.63, 3.8) is 0 Å². The van der Waals surface area contributed by atoms with E-state index >= 15 is 0 Å². The lowest BCUT2D eigenvalue weighted by molar-refractivity contribution is -0.136. The summed E-state index contributed by atoms with van der Waals surface area (Å²) >= 11 is 0. The van der Waals surface area contributed by atoms with E-state index < -0.39 is 18.1 Å². The van der Waals surface area contributed by atoms with E-state index in [1.165, 1.54) is 4.90 Å². The van der Waals surface area contributed by atoms with Crippen molar-refractivity contribution < 1.29 is 29.0 Å². The van der Waals surface area contributed by atoms with Crippen LogP contribution in [-0.4, -0.2) is 53.1 Å². The lowest BCUT2D eigenvalue weighted by Gasteiger charge is -2.29. The van der Waals surface area contributed by atoms with Crippen LogP contribution in [0.15, 0.2) is 12.1 Å². The summed E-state index contributed by atoms with van der Waals surface area (Å²) in [5.41, 5.74) is 1.11. The molecule has 1 aromatic rings. The molecule has 3 aliphatic rings. The molecule has 0 bridgehead atoms. The molecule has 1 unspecified atom stereocenters. The van der Waals surface area contributed by atoms with Crippen molar-refractivity contribution in [2.45, 2.75) is 31.5 Å². The molecule has 0 spiro atoms. The molecule has 3 aliphatic heterocycles. The van der Waals surface area contributed by atoms with Gasteiger partial charge in [0.05, 0.1) is 13.2 Å². The molecular weight excluding hydrogens is 316 g/mol. The van der Waals surface area contributed by atoms with Gasteiger partial charge in [-0.2, -0.15) is 0 Å². The Kier molecular flexibility index (Phi) is 3.42. The number of nitrogens with zero attached hydrogens (tertiary/aromatic N) is 1. The van der Waals surface area contributed by atoms with E-state index in [-0.39, 0.29) is 38.0 Å². The largest absolute Gasteiger partial charge is 0.486 e. The molecule has 3 amide bonds. The van der Waals surface area contributed by atoms with Gasteiger partial charge in [-0.3, -0.25) is 19.7 Å². The van der Waals surface area contributed by atoms with Gasteiger partial charge in [-0.05, 0) is 18.6 Å². The molecule has 1 fully saturated rings. The number of benzene rings is 1. The Morgan fingerprint density at radius 2 is 2.12 bits per heavy atom. The van der Waals surface area contributed by atoms with Crippen LogP contribution in [0.4, 0.5) is 0 Å². The summed E-state index contributed by atoms with van der Waals surface area (Å²) in [6.45, 7) is 0.270. The molecule has 2 N–H and O–H groups in total. The third kappa shape index (κ3) is 2.22.